The summed E-state index contributed by atoms with van der Waals surface area (Å²) >= 11 is 0. The molecule has 8 heteroatoms. The molecule has 1 heterocycles. The number of benzene rings is 2. The number of nitrogens with one attached hydrogen (secondary N) is 1. The first kappa shape index (κ1) is 18.2. The third kappa shape index (κ3) is 4.55. The van der Waals surface area contributed by atoms with Crippen molar-refractivity contribution in [2.45, 2.75) is 0 Å². The number of para-hydroxylation sites is 1. The lowest BCUT2D eigenvalue weighted by molar-refractivity contribution is 0.0913. The Morgan fingerprint density at radius 1 is 1.00 bits per heavy atom. The summed E-state index contributed by atoms with van der Waals surface area (Å²) in [4.78, 5) is 12.1. The predicted molar refractivity (Wildman–Crippen MR) is 97.1 cm³/mol. The highest BCUT2D eigenvalue weighted by atomic mass is 16.5. The molecule has 1 aromatic heterocycles. The van der Waals surface area contributed by atoms with Gasteiger partial charge in [0.2, 0.25) is 0 Å². The van der Waals surface area contributed by atoms with Crippen molar-refractivity contribution in [1.29, 1.82) is 0 Å². The topological polar surface area (TPSA) is 95.7 Å². The average molecular weight is 369 g/mol. The lowest BCUT2D eigenvalue weighted by Gasteiger charge is -2.07. The van der Waals surface area contributed by atoms with Gasteiger partial charge in [0.1, 0.15) is 23.9 Å². The number of hydrogen-bond acceptors (Lipinski definition) is 7. The van der Waals surface area contributed by atoms with Gasteiger partial charge in [-0.05, 0) is 36.4 Å². The van der Waals surface area contributed by atoms with Crippen LogP contribution in [0.4, 0.5) is 0 Å². The number of aromatic nitrogens is 2. The maximum absolute atomic E-state index is 12.1. The molecular formula is C19H19N3O5. The van der Waals surface area contributed by atoms with Crippen LogP contribution in [0, 0.1) is 0 Å². The van der Waals surface area contributed by atoms with Gasteiger partial charge in [0, 0.05) is 0 Å². The number of ether oxygens (including phenoxy) is 3. The molecule has 0 atom stereocenters. The zero-order valence-electron chi connectivity index (χ0n) is 15.0. The summed E-state index contributed by atoms with van der Waals surface area (Å²) in [7, 11) is 3.15. The minimum Gasteiger partial charge on any atom is -0.497 e. The fraction of sp³-hybridized carbons (Fsp3) is 0.211. The van der Waals surface area contributed by atoms with Crippen LogP contribution in [-0.4, -0.2) is 43.5 Å². The molecule has 0 aliphatic carbocycles. The molecule has 140 valence electrons. The van der Waals surface area contributed by atoms with Gasteiger partial charge in [-0.3, -0.25) is 4.79 Å². The molecule has 0 saturated heterocycles. The summed E-state index contributed by atoms with van der Waals surface area (Å²) in [5.74, 6) is 1.63. The maximum atomic E-state index is 12.1. The molecule has 0 aliphatic heterocycles. The number of hydrogen-bond donors (Lipinski definition) is 1. The highest BCUT2D eigenvalue weighted by molar-refractivity contribution is 5.89. The van der Waals surface area contributed by atoms with Crippen LogP contribution in [0.15, 0.2) is 52.9 Å². The van der Waals surface area contributed by atoms with E-state index in [1.807, 2.05) is 12.1 Å². The van der Waals surface area contributed by atoms with Gasteiger partial charge in [0.05, 0.1) is 26.3 Å². The van der Waals surface area contributed by atoms with E-state index in [4.69, 9.17) is 18.6 Å². The fourth-order valence-electron chi connectivity index (χ4n) is 2.33. The molecule has 2 aromatic carbocycles. The van der Waals surface area contributed by atoms with Crippen molar-refractivity contribution in [1.82, 2.24) is 15.5 Å². The molecule has 0 unspecified atom stereocenters. The van der Waals surface area contributed by atoms with E-state index in [0.29, 0.717) is 23.7 Å². The molecule has 0 bridgehead atoms. The molecule has 0 spiro atoms. The van der Waals surface area contributed by atoms with E-state index < -0.39 is 5.91 Å². The molecular weight excluding hydrogens is 350 g/mol. The number of amides is 1. The van der Waals surface area contributed by atoms with Gasteiger partial charge in [0.15, 0.2) is 0 Å². The van der Waals surface area contributed by atoms with Crippen molar-refractivity contribution >= 4 is 5.91 Å². The molecule has 0 saturated carbocycles. The first-order chi connectivity index (χ1) is 13.2. The lowest BCUT2D eigenvalue weighted by Crippen LogP contribution is -2.28. The first-order valence-corrected chi connectivity index (χ1v) is 8.23. The van der Waals surface area contributed by atoms with Crippen LogP contribution in [0.5, 0.6) is 17.2 Å². The number of carbonyl (C=O) groups excluding carboxylic acids is 1. The third-order valence-electron chi connectivity index (χ3n) is 3.67. The van der Waals surface area contributed by atoms with E-state index in [1.54, 1.807) is 50.6 Å². The summed E-state index contributed by atoms with van der Waals surface area (Å²) in [5, 5.41) is 10.4. The van der Waals surface area contributed by atoms with Crippen LogP contribution in [0.1, 0.15) is 10.7 Å². The molecule has 8 nitrogen and oxygen atoms in total. The Morgan fingerprint density at radius 3 is 2.48 bits per heavy atom. The normalized spacial score (nSPS) is 10.3. The molecule has 1 N–H and O–H groups in total. The molecule has 0 fully saturated rings. The van der Waals surface area contributed by atoms with E-state index in [-0.39, 0.29) is 18.3 Å². The Balaban J connectivity index is 1.52. The van der Waals surface area contributed by atoms with Crippen LogP contribution in [0.25, 0.3) is 11.5 Å². The van der Waals surface area contributed by atoms with Gasteiger partial charge in [-0.2, -0.15) is 0 Å². The summed E-state index contributed by atoms with van der Waals surface area (Å²) in [6, 6.07) is 14.4. The Kier molecular flexibility index (Phi) is 5.88. The monoisotopic (exact) mass is 369 g/mol. The molecule has 3 rings (SSSR count). The third-order valence-corrected chi connectivity index (χ3v) is 3.67. The number of carbonyl (C=O) groups is 1. The van der Waals surface area contributed by atoms with E-state index in [2.05, 4.69) is 15.5 Å². The van der Waals surface area contributed by atoms with E-state index in [0.717, 1.165) is 5.75 Å². The standard InChI is InChI=1S/C19H19N3O5/c1-24-13-7-9-14(10-8-13)26-12-11-20-17(23)19-22-21-18(27-19)15-5-3-4-6-16(15)25-2/h3-10H,11-12H2,1-2H3,(H,20,23). The van der Waals surface area contributed by atoms with Crippen LogP contribution in [0.2, 0.25) is 0 Å². The van der Waals surface area contributed by atoms with E-state index >= 15 is 0 Å². The Labute approximate surface area is 156 Å². The SMILES string of the molecule is COc1ccc(OCCNC(=O)c2nnc(-c3ccccc3OC)o2)cc1. The number of rotatable bonds is 8. The Morgan fingerprint density at radius 2 is 1.74 bits per heavy atom. The van der Waals surface area contributed by atoms with Crippen molar-refractivity contribution in [3.63, 3.8) is 0 Å². The van der Waals surface area contributed by atoms with Crippen molar-refractivity contribution in [3.05, 3.63) is 54.4 Å². The van der Waals surface area contributed by atoms with Crippen molar-refractivity contribution < 1.29 is 23.4 Å². The first-order valence-electron chi connectivity index (χ1n) is 8.23. The van der Waals surface area contributed by atoms with E-state index in [1.165, 1.54) is 0 Å². The van der Waals surface area contributed by atoms with Gasteiger partial charge >= 0.3 is 11.8 Å². The largest absolute Gasteiger partial charge is 0.497 e. The van der Waals surface area contributed by atoms with Crippen molar-refractivity contribution in [2.24, 2.45) is 0 Å². The van der Waals surface area contributed by atoms with Gasteiger partial charge < -0.3 is 23.9 Å². The van der Waals surface area contributed by atoms with Crippen LogP contribution >= 0.6 is 0 Å². The van der Waals surface area contributed by atoms with Crippen LogP contribution in [-0.2, 0) is 0 Å². The average Bonchev–Trinajstić information content (AvgIpc) is 3.21. The zero-order valence-corrected chi connectivity index (χ0v) is 15.0. The zero-order chi connectivity index (χ0) is 19.1. The molecule has 1 amide bonds. The quantitative estimate of drug-likeness (QED) is 0.610. The lowest BCUT2D eigenvalue weighted by atomic mass is 10.2. The Hall–Kier alpha value is -3.55. The van der Waals surface area contributed by atoms with E-state index in [9.17, 15) is 4.79 Å². The van der Waals surface area contributed by atoms with Crippen LogP contribution in [0.3, 0.4) is 0 Å². The van der Waals surface area contributed by atoms with Crippen molar-refractivity contribution in [2.75, 3.05) is 27.4 Å². The molecule has 0 aliphatic rings. The van der Waals surface area contributed by atoms with Gasteiger partial charge in [-0.25, -0.2) is 0 Å². The minimum absolute atomic E-state index is 0.125. The van der Waals surface area contributed by atoms with Crippen molar-refractivity contribution in [3.8, 4) is 28.7 Å². The smallest absolute Gasteiger partial charge is 0.308 e. The predicted octanol–water partition coefficient (Wildman–Crippen LogP) is 2.56. The highest BCUT2D eigenvalue weighted by Crippen LogP contribution is 2.28. The van der Waals surface area contributed by atoms with Gasteiger partial charge in [-0.15, -0.1) is 10.2 Å². The number of methoxy groups -OCH3 is 2. The van der Waals surface area contributed by atoms with Gasteiger partial charge in [-0.1, -0.05) is 12.1 Å². The number of nitrogens with zero attached hydrogens (tertiary/aromatic N) is 2. The second-order valence-corrected chi connectivity index (χ2v) is 5.39. The second kappa shape index (κ2) is 8.70. The summed E-state index contributed by atoms with van der Waals surface area (Å²) in [6.07, 6.45) is 0. The van der Waals surface area contributed by atoms with Gasteiger partial charge in [0.25, 0.3) is 5.89 Å². The Bertz CT molecular complexity index is 892. The summed E-state index contributed by atoms with van der Waals surface area (Å²) < 4.78 is 21.3. The highest BCUT2D eigenvalue weighted by Gasteiger charge is 2.17. The summed E-state index contributed by atoms with van der Waals surface area (Å²) in [5.41, 5.74) is 0.620. The summed E-state index contributed by atoms with van der Waals surface area (Å²) in [6.45, 7) is 0.586. The minimum atomic E-state index is -0.470. The molecule has 3 aromatic rings. The maximum Gasteiger partial charge on any atom is 0.308 e. The fourth-order valence-corrected chi connectivity index (χ4v) is 2.33. The molecule has 0 radical (unpaired) electrons. The molecule has 27 heavy (non-hydrogen) atoms. The van der Waals surface area contributed by atoms with Crippen LogP contribution < -0.4 is 19.5 Å². The second-order valence-electron chi connectivity index (χ2n) is 5.39.